The molecule has 0 spiro atoms. The van der Waals surface area contributed by atoms with Gasteiger partial charge in [-0.3, -0.25) is 9.69 Å². The lowest BCUT2D eigenvalue weighted by molar-refractivity contribution is -0.134. The first-order chi connectivity index (χ1) is 21.3. The van der Waals surface area contributed by atoms with Crippen molar-refractivity contribution in [1.29, 1.82) is 0 Å². The van der Waals surface area contributed by atoms with Crippen molar-refractivity contribution in [3.8, 4) is 0 Å². The number of piperazine rings is 1. The highest BCUT2D eigenvalue weighted by molar-refractivity contribution is 7.89. The highest BCUT2D eigenvalue weighted by Gasteiger charge is 2.43. The average molecular weight is 621 g/mol. The van der Waals surface area contributed by atoms with E-state index in [1.54, 1.807) is 28.6 Å². The van der Waals surface area contributed by atoms with Gasteiger partial charge in [0.25, 0.3) is 0 Å². The van der Waals surface area contributed by atoms with E-state index in [9.17, 15) is 17.6 Å². The Balaban J connectivity index is 1.07. The molecule has 1 amide bonds. The molecule has 0 radical (unpaired) electrons. The molecule has 3 aromatic carbocycles. The normalized spacial score (nSPS) is 22.3. The van der Waals surface area contributed by atoms with Crippen molar-refractivity contribution < 1.29 is 17.6 Å². The minimum atomic E-state index is -3.63. The molecular formula is C35H45FN4O3S. The van der Waals surface area contributed by atoms with Gasteiger partial charge in [-0.05, 0) is 86.2 Å². The molecule has 3 fully saturated rings. The Hall–Kier alpha value is -2.85. The molecule has 7 nitrogen and oxygen atoms in total. The van der Waals surface area contributed by atoms with Crippen LogP contribution in [-0.4, -0.2) is 92.2 Å². The van der Waals surface area contributed by atoms with Crippen molar-refractivity contribution in [2.45, 2.75) is 67.8 Å². The van der Waals surface area contributed by atoms with Gasteiger partial charge in [-0.15, -0.1) is 0 Å². The summed E-state index contributed by atoms with van der Waals surface area (Å²) < 4.78 is 43.5. The molecule has 3 saturated heterocycles. The van der Waals surface area contributed by atoms with Gasteiger partial charge < -0.3 is 9.80 Å². The number of amides is 1. The number of carbonyl (C=O) groups excluding carboxylic acids is 1. The second kappa shape index (κ2) is 13.3. The SMILES string of the molecule is CN1CCN(C2(c3cccc(F)c3)CCN(C(=O)CCCC3CCCCN3S(=O)(=O)c3ccc4ccccc4c3)CC2)CC1. The standard InChI is InChI=1S/C35H45FN4O3S/c1-37-22-24-39(25-23-37)35(30-10-6-11-31(36)27-30)17-20-38(21-18-35)34(41)14-7-13-32-12-4-5-19-40(32)44(42,43)33-16-15-28-8-2-3-9-29(28)26-33/h2-3,6,8-11,15-16,26-27,32H,4-5,7,12-14,17-25H2,1H3. The summed E-state index contributed by atoms with van der Waals surface area (Å²) in [5, 5.41) is 1.94. The van der Waals surface area contributed by atoms with Crippen LogP contribution >= 0.6 is 0 Å². The summed E-state index contributed by atoms with van der Waals surface area (Å²) in [6, 6.07) is 20.1. The topological polar surface area (TPSA) is 64.2 Å². The minimum Gasteiger partial charge on any atom is -0.343 e. The number of nitrogens with zero attached hydrogens (tertiary/aromatic N) is 4. The van der Waals surface area contributed by atoms with Crippen LogP contribution in [0, 0.1) is 5.82 Å². The Kier molecular flexibility index (Phi) is 9.38. The lowest BCUT2D eigenvalue weighted by Gasteiger charge is -2.51. The number of carbonyl (C=O) groups is 1. The number of piperidine rings is 2. The van der Waals surface area contributed by atoms with Gasteiger partial charge in [0.15, 0.2) is 0 Å². The number of hydrogen-bond acceptors (Lipinski definition) is 5. The maximum atomic E-state index is 14.3. The summed E-state index contributed by atoms with van der Waals surface area (Å²) >= 11 is 0. The maximum Gasteiger partial charge on any atom is 0.243 e. The van der Waals surface area contributed by atoms with Crippen molar-refractivity contribution in [2.75, 3.05) is 52.9 Å². The molecule has 0 N–H and O–H groups in total. The fraction of sp³-hybridized carbons (Fsp3) is 0.514. The number of rotatable bonds is 8. The Labute approximate surface area is 261 Å². The van der Waals surface area contributed by atoms with E-state index in [4.69, 9.17) is 0 Å². The van der Waals surface area contributed by atoms with Crippen molar-refractivity contribution >= 4 is 26.7 Å². The molecule has 0 bridgehead atoms. The Bertz CT molecular complexity index is 1560. The van der Waals surface area contributed by atoms with Gasteiger partial charge in [0.2, 0.25) is 15.9 Å². The first kappa shape index (κ1) is 31.1. The van der Waals surface area contributed by atoms with Gasteiger partial charge in [-0.25, -0.2) is 12.8 Å². The van der Waals surface area contributed by atoms with Crippen LogP contribution in [0.1, 0.15) is 56.9 Å². The van der Waals surface area contributed by atoms with E-state index in [1.807, 2.05) is 41.3 Å². The van der Waals surface area contributed by atoms with Crippen LogP contribution in [0.3, 0.4) is 0 Å². The molecule has 1 unspecified atom stereocenters. The highest BCUT2D eigenvalue weighted by Crippen LogP contribution is 2.40. The zero-order valence-electron chi connectivity index (χ0n) is 25.8. The summed E-state index contributed by atoms with van der Waals surface area (Å²) in [4.78, 5) is 20.6. The fourth-order valence-electron chi connectivity index (χ4n) is 7.62. The Morgan fingerprint density at radius 1 is 0.864 bits per heavy atom. The van der Waals surface area contributed by atoms with E-state index in [1.165, 1.54) is 6.07 Å². The third kappa shape index (κ3) is 6.43. The van der Waals surface area contributed by atoms with Crippen LogP contribution in [0.2, 0.25) is 0 Å². The van der Waals surface area contributed by atoms with Crippen molar-refractivity contribution in [3.63, 3.8) is 0 Å². The fourth-order valence-corrected chi connectivity index (χ4v) is 9.37. The van der Waals surface area contributed by atoms with Crippen LogP contribution in [0.25, 0.3) is 10.8 Å². The van der Waals surface area contributed by atoms with Gasteiger partial charge in [-0.1, -0.05) is 48.9 Å². The molecule has 1 atom stereocenters. The first-order valence-corrected chi connectivity index (χ1v) is 17.7. The third-order valence-corrected chi connectivity index (χ3v) is 12.2. The quantitative estimate of drug-likeness (QED) is 0.335. The first-order valence-electron chi connectivity index (χ1n) is 16.2. The molecule has 0 saturated carbocycles. The molecule has 3 aliphatic heterocycles. The van der Waals surface area contributed by atoms with Gasteiger partial charge >= 0.3 is 0 Å². The molecule has 236 valence electrons. The number of benzene rings is 3. The van der Waals surface area contributed by atoms with Crippen LogP contribution in [0.5, 0.6) is 0 Å². The summed E-state index contributed by atoms with van der Waals surface area (Å²) in [6.45, 7) is 5.64. The second-order valence-corrected chi connectivity index (χ2v) is 14.8. The predicted octanol–water partition coefficient (Wildman–Crippen LogP) is 5.46. The van der Waals surface area contributed by atoms with Crippen LogP contribution < -0.4 is 0 Å². The number of fused-ring (bicyclic) bond motifs is 1. The number of halogens is 1. The van der Waals surface area contributed by atoms with Crippen molar-refractivity contribution in [3.05, 3.63) is 78.1 Å². The van der Waals surface area contributed by atoms with E-state index in [2.05, 4.69) is 16.8 Å². The van der Waals surface area contributed by atoms with Gasteiger partial charge in [-0.2, -0.15) is 4.31 Å². The highest BCUT2D eigenvalue weighted by atomic mass is 32.2. The second-order valence-electron chi connectivity index (χ2n) is 12.9. The summed E-state index contributed by atoms with van der Waals surface area (Å²) in [6.07, 6.45) is 6.02. The van der Waals surface area contributed by atoms with E-state index in [0.717, 1.165) is 74.6 Å². The third-order valence-electron chi connectivity index (χ3n) is 10.2. The molecule has 44 heavy (non-hydrogen) atoms. The largest absolute Gasteiger partial charge is 0.343 e. The molecule has 0 aromatic heterocycles. The summed E-state index contributed by atoms with van der Waals surface area (Å²) in [5.74, 6) is -0.0788. The molecule has 6 rings (SSSR count). The zero-order chi connectivity index (χ0) is 30.7. The predicted molar refractivity (Wildman–Crippen MR) is 172 cm³/mol. The Morgan fingerprint density at radius 3 is 2.36 bits per heavy atom. The van der Waals surface area contributed by atoms with E-state index < -0.39 is 10.0 Å². The number of likely N-dealkylation sites (N-methyl/N-ethyl adjacent to an activating group) is 1. The summed E-state index contributed by atoms with van der Waals surface area (Å²) in [7, 11) is -1.49. The van der Waals surface area contributed by atoms with Crippen LogP contribution in [0.15, 0.2) is 71.6 Å². The van der Waals surface area contributed by atoms with E-state index >= 15 is 0 Å². The molecular weight excluding hydrogens is 575 g/mol. The number of sulfonamides is 1. The summed E-state index contributed by atoms with van der Waals surface area (Å²) in [5.41, 5.74) is 0.749. The minimum absolute atomic E-state index is 0.0905. The Morgan fingerprint density at radius 2 is 1.61 bits per heavy atom. The van der Waals surface area contributed by atoms with E-state index in [0.29, 0.717) is 43.8 Å². The monoisotopic (exact) mass is 620 g/mol. The van der Waals surface area contributed by atoms with Crippen LogP contribution in [-0.2, 0) is 20.4 Å². The zero-order valence-corrected chi connectivity index (χ0v) is 26.7. The lowest BCUT2D eigenvalue weighted by Crippen LogP contribution is -2.59. The molecule has 9 heteroatoms. The van der Waals surface area contributed by atoms with Crippen LogP contribution in [0.4, 0.5) is 4.39 Å². The smallest absolute Gasteiger partial charge is 0.243 e. The van der Waals surface area contributed by atoms with Gasteiger partial charge in [0.1, 0.15) is 5.82 Å². The van der Waals surface area contributed by atoms with Crippen molar-refractivity contribution in [1.82, 2.24) is 19.0 Å². The number of likely N-dealkylation sites (tertiary alicyclic amines) is 1. The van der Waals surface area contributed by atoms with Crippen molar-refractivity contribution in [2.24, 2.45) is 0 Å². The number of hydrogen-bond donors (Lipinski definition) is 0. The van der Waals surface area contributed by atoms with Gasteiger partial charge in [0.05, 0.1) is 4.90 Å². The molecule has 3 aromatic rings. The molecule has 3 heterocycles. The molecule has 3 aliphatic rings. The van der Waals surface area contributed by atoms with Gasteiger partial charge in [0, 0.05) is 63.8 Å². The average Bonchev–Trinajstić information content (AvgIpc) is 3.05. The molecule has 0 aliphatic carbocycles. The maximum absolute atomic E-state index is 14.3. The lowest BCUT2D eigenvalue weighted by atomic mass is 9.78. The van der Waals surface area contributed by atoms with E-state index in [-0.39, 0.29) is 23.3 Å².